The number of nitrogens with one attached hydrogen (secondary N) is 2. The van der Waals surface area contributed by atoms with Gasteiger partial charge in [-0.05, 0) is 56.7 Å². The number of aromatic nitrogens is 3. The average Bonchev–Trinajstić information content (AvgIpc) is 3.17. The first kappa shape index (κ1) is 24.3. The Balaban J connectivity index is 1.64. The molecule has 3 aromatic rings. The zero-order chi connectivity index (χ0) is 23.3. The quantitative estimate of drug-likeness (QED) is 0.384. The molecule has 7 nitrogen and oxygen atoms in total. The number of carbonyl (C=O) groups excluding carboxylic acids is 2. The molecule has 2 amide bonds. The van der Waals surface area contributed by atoms with Crippen LogP contribution in [0.2, 0.25) is 5.02 Å². The van der Waals surface area contributed by atoms with E-state index in [4.69, 9.17) is 11.6 Å². The zero-order valence-electron chi connectivity index (χ0n) is 17.9. The van der Waals surface area contributed by atoms with E-state index in [2.05, 4.69) is 36.8 Å². The summed E-state index contributed by atoms with van der Waals surface area (Å²) in [4.78, 5) is 25.0. The van der Waals surface area contributed by atoms with Crippen LogP contribution in [0.4, 0.5) is 5.69 Å². The molecule has 0 aliphatic carbocycles. The topological polar surface area (TPSA) is 88.9 Å². The van der Waals surface area contributed by atoms with E-state index in [9.17, 15) is 9.59 Å². The summed E-state index contributed by atoms with van der Waals surface area (Å²) in [5.41, 5.74) is 2.14. The van der Waals surface area contributed by atoms with Gasteiger partial charge in [-0.1, -0.05) is 51.4 Å². The van der Waals surface area contributed by atoms with Crippen molar-refractivity contribution < 1.29 is 9.59 Å². The minimum absolute atomic E-state index is 0.132. The van der Waals surface area contributed by atoms with Crippen LogP contribution in [-0.2, 0) is 11.3 Å². The number of aryl methyl sites for hydroxylation is 1. The number of amides is 2. The lowest BCUT2D eigenvalue weighted by Gasteiger charge is -2.15. The summed E-state index contributed by atoms with van der Waals surface area (Å²) in [5, 5.41) is 15.3. The highest BCUT2D eigenvalue weighted by molar-refractivity contribution is 9.10. The summed E-state index contributed by atoms with van der Waals surface area (Å²) in [5.74, 6) is 0.382. The largest absolute Gasteiger partial charge is 0.342 e. The Morgan fingerprint density at radius 1 is 1.22 bits per heavy atom. The monoisotopic (exact) mass is 535 g/mol. The van der Waals surface area contributed by atoms with Crippen molar-refractivity contribution in [2.75, 3.05) is 11.1 Å². The summed E-state index contributed by atoms with van der Waals surface area (Å²) < 4.78 is 2.85. The summed E-state index contributed by atoms with van der Waals surface area (Å²) in [6.45, 7) is 6.34. The molecule has 1 aromatic heterocycles. The predicted octanol–water partition coefficient (Wildman–Crippen LogP) is 5.24. The number of thioether (sulfide) groups is 1. The van der Waals surface area contributed by atoms with Crippen LogP contribution in [0.5, 0.6) is 0 Å². The fourth-order valence-electron chi connectivity index (χ4n) is 3.09. The second kappa shape index (κ2) is 11.0. The molecule has 3 rings (SSSR count). The van der Waals surface area contributed by atoms with Gasteiger partial charge in [0.1, 0.15) is 0 Å². The molecule has 0 unspecified atom stereocenters. The lowest BCUT2D eigenvalue weighted by Crippen LogP contribution is -2.29. The number of hydrogen-bond acceptors (Lipinski definition) is 5. The van der Waals surface area contributed by atoms with Crippen LogP contribution >= 0.6 is 39.3 Å². The molecule has 0 saturated carbocycles. The van der Waals surface area contributed by atoms with Crippen molar-refractivity contribution >= 4 is 56.8 Å². The molecule has 32 heavy (non-hydrogen) atoms. The van der Waals surface area contributed by atoms with Gasteiger partial charge < -0.3 is 15.2 Å². The average molecular weight is 537 g/mol. The fraction of sp³-hybridized carbons (Fsp3) is 0.273. The number of hydrogen-bond donors (Lipinski definition) is 2. The molecule has 0 aliphatic heterocycles. The molecule has 10 heteroatoms. The van der Waals surface area contributed by atoms with E-state index < -0.39 is 0 Å². The second-order valence-corrected chi connectivity index (χ2v) is 9.32. The number of halogens is 2. The van der Waals surface area contributed by atoms with E-state index in [1.165, 1.54) is 11.8 Å². The first-order valence-corrected chi connectivity index (χ1v) is 12.1. The Hall–Kier alpha value is -2.36. The van der Waals surface area contributed by atoms with Gasteiger partial charge in [0, 0.05) is 16.7 Å². The summed E-state index contributed by atoms with van der Waals surface area (Å²) in [6, 6.07) is 12.2. The van der Waals surface area contributed by atoms with Crippen molar-refractivity contribution in [2.24, 2.45) is 0 Å². The van der Waals surface area contributed by atoms with Gasteiger partial charge in [-0.15, -0.1) is 10.2 Å². The predicted molar refractivity (Wildman–Crippen MR) is 131 cm³/mol. The first-order chi connectivity index (χ1) is 15.3. The van der Waals surface area contributed by atoms with Crippen LogP contribution in [0.25, 0.3) is 0 Å². The van der Waals surface area contributed by atoms with Crippen LogP contribution in [0.15, 0.2) is 52.1 Å². The van der Waals surface area contributed by atoms with Crippen LogP contribution < -0.4 is 10.6 Å². The third-order valence-corrected chi connectivity index (χ3v) is 6.50. The fourth-order valence-corrected chi connectivity index (χ4v) is 4.60. The van der Waals surface area contributed by atoms with E-state index in [-0.39, 0.29) is 23.6 Å². The standard InChI is InChI=1S/C22H23BrClN5O2S/c1-4-29-20(14(3)25-21(31)16-7-5-6-8-17(16)24)27-28-22(29)32-12-19(30)26-18-10-9-15(23)11-13(18)2/h5-11,14H,4,12H2,1-3H3,(H,25,31)(H,26,30)/t14-/m1/s1. The number of rotatable bonds is 8. The first-order valence-electron chi connectivity index (χ1n) is 9.97. The van der Waals surface area contributed by atoms with Crippen molar-refractivity contribution in [1.29, 1.82) is 0 Å². The zero-order valence-corrected chi connectivity index (χ0v) is 21.0. The molecule has 2 N–H and O–H groups in total. The van der Waals surface area contributed by atoms with E-state index >= 15 is 0 Å². The smallest absolute Gasteiger partial charge is 0.253 e. The molecule has 0 bridgehead atoms. The van der Waals surface area contributed by atoms with Crippen molar-refractivity contribution in [1.82, 2.24) is 20.1 Å². The number of benzene rings is 2. The SMILES string of the molecule is CCn1c(SCC(=O)Nc2ccc(Br)cc2C)nnc1[C@@H](C)NC(=O)c1ccccc1Cl. The van der Waals surface area contributed by atoms with Crippen molar-refractivity contribution in [3.05, 3.63) is 68.9 Å². The van der Waals surface area contributed by atoms with E-state index in [0.717, 1.165) is 15.7 Å². The van der Waals surface area contributed by atoms with Gasteiger partial charge in [-0.25, -0.2) is 0 Å². The molecular weight excluding hydrogens is 514 g/mol. The van der Waals surface area contributed by atoms with Gasteiger partial charge in [-0.3, -0.25) is 9.59 Å². The summed E-state index contributed by atoms with van der Waals surface area (Å²) in [7, 11) is 0. The maximum atomic E-state index is 12.6. The van der Waals surface area contributed by atoms with Gasteiger partial charge in [0.15, 0.2) is 11.0 Å². The lowest BCUT2D eigenvalue weighted by atomic mass is 10.2. The van der Waals surface area contributed by atoms with Crippen molar-refractivity contribution in [3.8, 4) is 0 Å². The molecule has 2 aromatic carbocycles. The highest BCUT2D eigenvalue weighted by Gasteiger charge is 2.21. The van der Waals surface area contributed by atoms with Crippen molar-refractivity contribution in [3.63, 3.8) is 0 Å². The maximum Gasteiger partial charge on any atom is 0.253 e. The van der Waals surface area contributed by atoms with Gasteiger partial charge in [-0.2, -0.15) is 0 Å². The van der Waals surface area contributed by atoms with Crippen molar-refractivity contribution in [2.45, 2.75) is 38.5 Å². The molecule has 1 heterocycles. The molecule has 0 saturated heterocycles. The number of anilines is 1. The highest BCUT2D eigenvalue weighted by Crippen LogP contribution is 2.23. The Labute approximate surface area is 204 Å². The van der Waals surface area contributed by atoms with Crippen LogP contribution in [0, 0.1) is 6.92 Å². The Morgan fingerprint density at radius 3 is 2.66 bits per heavy atom. The summed E-state index contributed by atoms with van der Waals surface area (Å²) in [6.07, 6.45) is 0. The van der Waals surface area contributed by atoms with Gasteiger partial charge in [0.25, 0.3) is 5.91 Å². The molecular formula is C22H23BrClN5O2S. The van der Waals surface area contributed by atoms with Crippen LogP contribution in [0.1, 0.15) is 41.6 Å². The second-order valence-electron chi connectivity index (χ2n) is 7.06. The molecule has 0 fully saturated rings. The Bertz CT molecular complexity index is 1140. The minimum atomic E-state index is -0.389. The third kappa shape index (κ3) is 5.90. The van der Waals surface area contributed by atoms with E-state index in [0.29, 0.717) is 28.1 Å². The van der Waals surface area contributed by atoms with Gasteiger partial charge in [0.05, 0.1) is 22.4 Å². The maximum absolute atomic E-state index is 12.6. The highest BCUT2D eigenvalue weighted by atomic mass is 79.9. The number of nitrogens with zero attached hydrogens (tertiary/aromatic N) is 3. The van der Waals surface area contributed by atoms with Crippen LogP contribution in [0.3, 0.4) is 0 Å². The Morgan fingerprint density at radius 2 is 1.97 bits per heavy atom. The molecule has 0 radical (unpaired) electrons. The Kier molecular flexibility index (Phi) is 8.33. The normalized spacial score (nSPS) is 11.8. The van der Waals surface area contributed by atoms with E-state index in [1.807, 2.05) is 43.5 Å². The summed E-state index contributed by atoms with van der Waals surface area (Å²) >= 11 is 10.8. The molecule has 0 spiro atoms. The number of carbonyl (C=O) groups is 2. The molecule has 168 valence electrons. The van der Waals surface area contributed by atoms with Crippen LogP contribution in [-0.4, -0.2) is 32.3 Å². The third-order valence-electron chi connectivity index (χ3n) is 4.71. The molecule has 1 atom stereocenters. The van der Waals surface area contributed by atoms with Gasteiger partial charge in [0.2, 0.25) is 5.91 Å². The minimum Gasteiger partial charge on any atom is -0.342 e. The lowest BCUT2D eigenvalue weighted by molar-refractivity contribution is -0.113. The van der Waals surface area contributed by atoms with Gasteiger partial charge >= 0.3 is 0 Å². The van der Waals surface area contributed by atoms with E-state index in [1.54, 1.807) is 24.3 Å². The molecule has 0 aliphatic rings.